The summed E-state index contributed by atoms with van der Waals surface area (Å²) in [6.07, 6.45) is 4.96. The summed E-state index contributed by atoms with van der Waals surface area (Å²) in [7, 11) is 3.52. The lowest BCUT2D eigenvalue weighted by Gasteiger charge is -2.53. The molecule has 3 rings (SSSR count). The molecule has 2 aliphatic rings. The molecule has 2 fully saturated rings. The molecule has 5 heteroatoms. The second-order valence-electron chi connectivity index (χ2n) is 7.35. The van der Waals surface area contributed by atoms with E-state index in [2.05, 4.69) is 11.5 Å². The number of nitrogens with zero attached hydrogens (tertiary/aromatic N) is 2. The second kappa shape index (κ2) is 6.89. The maximum Gasteiger partial charge on any atom is 0.255 e. The normalized spacial score (nSPS) is 22.7. The number of aryl methyl sites for hydroxylation is 1. The number of likely N-dealkylation sites (tertiary alicyclic amines) is 1. The maximum absolute atomic E-state index is 13.0. The lowest BCUT2D eigenvalue weighted by molar-refractivity contribution is -0.116. The Bertz CT molecular complexity index is 598. The number of piperidine rings is 1. The molecule has 1 amide bonds. The number of hydrogen-bond donors (Lipinski definition) is 0. The summed E-state index contributed by atoms with van der Waals surface area (Å²) in [5.74, 6) is 0.176. The van der Waals surface area contributed by atoms with Crippen molar-refractivity contribution in [2.45, 2.75) is 52.2 Å². The highest BCUT2D eigenvalue weighted by Gasteiger charge is 2.49. The van der Waals surface area contributed by atoms with Crippen LogP contribution in [0.2, 0.25) is 0 Å². The van der Waals surface area contributed by atoms with Gasteiger partial charge in [-0.1, -0.05) is 0 Å². The van der Waals surface area contributed by atoms with E-state index in [0.29, 0.717) is 18.1 Å². The van der Waals surface area contributed by atoms with Gasteiger partial charge in [-0.15, -0.1) is 0 Å². The van der Waals surface area contributed by atoms with Crippen LogP contribution in [0.5, 0.6) is 0 Å². The van der Waals surface area contributed by atoms with Crippen LogP contribution in [0.25, 0.3) is 0 Å². The van der Waals surface area contributed by atoms with Crippen molar-refractivity contribution >= 4 is 5.91 Å². The van der Waals surface area contributed by atoms with Crippen LogP contribution in [0, 0.1) is 19.3 Å². The first kappa shape index (κ1) is 17.5. The number of carbonyl (C=O) groups is 1. The average Bonchev–Trinajstić information content (AvgIpc) is 2.86. The minimum absolute atomic E-state index is 0.176. The number of aromatic nitrogens is 1. The van der Waals surface area contributed by atoms with Crippen LogP contribution in [0.4, 0.5) is 0 Å². The van der Waals surface area contributed by atoms with Crippen molar-refractivity contribution < 1.29 is 14.3 Å². The molecule has 0 N–H and O–H groups in total. The van der Waals surface area contributed by atoms with Crippen molar-refractivity contribution in [3.63, 3.8) is 0 Å². The Kier molecular flexibility index (Phi) is 5.02. The van der Waals surface area contributed by atoms with Crippen LogP contribution >= 0.6 is 0 Å². The summed E-state index contributed by atoms with van der Waals surface area (Å²) < 4.78 is 13.0. The predicted molar refractivity (Wildman–Crippen MR) is 93.4 cm³/mol. The molecule has 0 aromatic carbocycles. The third kappa shape index (κ3) is 2.88. The Morgan fingerprint density at radius 2 is 1.96 bits per heavy atom. The lowest BCUT2D eigenvalue weighted by Crippen LogP contribution is -2.53. The fourth-order valence-electron chi connectivity index (χ4n) is 4.48. The molecule has 134 valence electrons. The van der Waals surface area contributed by atoms with E-state index >= 15 is 0 Å². The molecule has 0 bridgehead atoms. The van der Waals surface area contributed by atoms with Gasteiger partial charge in [-0.05, 0) is 45.6 Å². The van der Waals surface area contributed by atoms with Gasteiger partial charge < -0.3 is 18.9 Å². The van der Waals surface area contributed by atoms with Gasteiger partial charge in [0.1, 0.15) is 0 Å². The number of methoxy groups -OCH3 is 2. The molecule has 1 aliphatic carbocycles. The first-order valence-electron chi connectivity index (χ1n) is 9.00. The second-order valence-corrected chi connectivity index (χ2v) is 7.35. The van der Waals surface area contributed by atoms with Crippen molar-refractivity contribution in [2.75, 3.05) is 33.9 Å². The zero-order valence-electron chi connectivity index (χ0n) is 15.4. The highest BCUT2D eigenvalue weighted by Crippen LogP contribution is 2.50. The van der Waals surface area contributed by atoms with Crippen molar-refractivity contribution in [3.8, 4) is 0 Å². The van der Waals surface area contributed by atoms with Crippen LogP contribution in [-0.4, -0.2) is 55.4 Å². The minimum atomic E-state index is 0.176. The Balaban J connectivity index is 1.68. The number of ether oxygens (including phenoxy) is 2. The first-order valence-corrected chi connectivity index (χ1v) is 9.00. The van der Waals surface area contributed by atoms with Crippen molar-refractivity contribution in [1.29, 1.82) is 0 Å². The zero-order valence-corrected chi connectivity index (χ0v) is 15.4. The highest BCUT2D eigenvalue weighted by molar-refractivity contribution is 5.95. The van der Waals surface area contributed by atoms with E-state index in [0.717, 1.165) is 49.4 Å². The molecule has 1 aromatic rings. The minimum Gasteiger partial charge on any atom is -0.383 e. The standard InChI is InChI=1S/C19H30N2O3/c1-14-13-16(15(2)21(14)11-12-23-3)18(22)20-9-7-19(8-10-20)6-5-17(19)24-4/h13,17H,5-12H2,1-4H3. The van der Waals surface area contributed by atoms with Crippen molar-refractivity contribution in [1.82, 2.24) is 9.47 Å². The van der Waals surface area contributed by atoms with E-state index in [4.69, 9.17) is 9.47 Å². The average molecular weight is 334 g/mol. The molecule has 1 aliphatic heterocycles. The van der Waals surface area contributed by atoms with Gasteiger partial charge in [-0.2, -0.15) is 0 Å². The summed E-state index contributed by atoms with van der Waals surface area (Å²) >= 11 is 0. The summed E-state index contributed by atoms with van der Waals surface area (Å²) in [6.45, 7) is 7.24. The van der Waals surface area contributed by atoms with E-state index in [1.165, 1.54) is 12.8 Å². The van der Waals surface area contributed by atoms with Crippen LogP contribution in [-0.2, 0) is 16.0 Å². The summed E-state index contributed by atoms with van der Waals surface area (Å²) in [4.78, 5) is 15.0. The largest absolute Gasteiger partial charge is 0.383 e. The number of carbonyl (C=O) groups excluding carboxylic acids is 1. The van der Waals surface area contributed by atoms with Gasteiger partial charge >= 0.3 is 0 Å². The SMILES string of the molecule is COCCn1c(C)cc(C(=O)N2CCC3(CCC3OC)CC2)c1C. The van der Waals surface area contributed by atoms with E-state index in [1.807, 2.05) is 25.0 Å². The maximum atomic E-state index is 13.0. The third-order valence-corrected chi connectivity index (χ3v) is 6.24. The predicted octanol–water partition coefficient (Wildman–Crippen LogP) is 2.78. The summed E-state index contributed by atoms with van der Waals surface area (Å²) in [5, 5.41) is 0. The highest BCUT2D eigenvalue weighted by atomic mass is 16.5. The molecule has 1 spiro atoms. The van der Waals surface area contributed by atoms with Crippen molar-refractivity contribution in [3.05, 3.63) is 23.0 Å². The van der Waals surface area contributed by atoms with E-state index in [1.54, 1.807) is 7.11 Å². The number of amides is 1. The third-order valence-electron chi connectivity index (χ3n) is 6.24. The monoisotopic (exact) mass is 334 g/mol. The zero-order chi connectivity index (χ0) is 17.3. The Labute approximate surface area is 144 Å². The topological polar surface area (TPSA) is 43.7 Å². The smallest absolute Gasteiger partial charge is 0.255 e. The van der Waals surface area contributed by atoms with Gasteiger partial charge in [0, 0.05) is 50.7 Å². The van der Waals surface area contributed by atoms with Gasteiger partial charge in [-0.3, -0.25) is 4.79 Å². The van der Waals surface area contributed by atoms with Gasteiger partial charge in [0.15, 0.2) is 0 Å². The Morgan fingerprint density at radius 3 is 2.50 bits per heavy atom. The Hall–Kier alpha value is -1.33. The molecule has 5 nitrogen and oxygen atoms in total. The first-order chi connectivity index (χ1) is 11.5. The van der Waals surface area contributed by atoms with E-state index < -0.39 is 0 Å². The lowest BCUT2D eigenvalue weighted by atomic mass is 9.60. The van der Waals surface area contributed by atoms with Crippen LogP contribution in [0.15, 0.2) is 6.07 Å². The quantitative estimate of drug-likeness (QED) is 0.832. The van der Waals surface area contributed by atoms with E-state index in [9.17, 15) is 4.79 Å². The summed E-state index contributed by atoms with van der Waals surface area (Å²) in [6, 6.07) is 2.03. The summed E-state index contributed by atoms with van der Waals surface area (Å²) in [5.41, 5.74) is 3.35. The molecule has 1 saturated heterocycles. The fraction of sp³-hybridized carbons (Fsp3) is 0.737. The molecule has 1 saturated carbocycles. The van der Waals surface area contributed by atoms with Crippen LogP contribution in [0.3, 0.4) is 0 Å². The molecule has 0 radical (unpaired) electrons. The fourth-order valence-corrected chi connectivity index (χ4v) is 4.48. The molecule has 24 heavy (non-hydrogen) atoms. The van der Waals surface area contributed by atoms with Crippen LogP contribution < -0.4 is 0 Å². The molecular formula is C19H30N2O3. The number of rotatable bonds is 5. The van der Waals surface area contributed by atoms with Gasteiger partial charge in [0.2, 0.25) is 0 Å². The van der Waals surface area contributed by atoms with Gasteiger partial charge in [-0.25, -0.2) is 0 Å². The number of hydrogen-bond acceptors (Lipinski definition) is 3. The van der Waals surface area contributed by atoms with Gasteiger partial charge in [0.05, 0.1) is 18.3 Å². The Morgan fingerprint density at radius 1 is 1.25 bits per heavy atom. The van der Waals surface area contributed by atoms with Crippen LogP contribution in [0.1, 0.15) is 47.4 Å². The molecule has 2 heterocycles. The molecule has 1 aromatic heterocycles. The van der Waals surface area contributed by atoms with Crippen molar-refractivity contribution in [2.24, 2.45) is 5.41 Å². The molecular weight excluding hydrogens is 304 g/mol. The van der Waals surface area contributed by atoms with Gasteiger partial charge in [0.25, 0.3) is 5.91 Å². The molecule has 1 atom stereocenters. The molecule has 1 unspecified atom stereocenters. The van der Waals surface area contributed by atoms with E-state index in [-0.39, 0.29) is 5.91 Å².